The molecule has 7 nitrogen and oxygen atoms in total. The number of carbonyl (C=O) groups is 1. The Balaban J connectivity index is 2.03. The number of aromatic nitrogens is 2. The number of aryl methyl sites for hydroxylation is 1. The van der Waals surface area contributed by atoms with Crippen LogP contribution in [0.2, 0.25) is 0 Å². The van der Waals surface area contributed by atoms with Crippen LogP contribution in [0.25, 0.3) is 0 Å². The fraction of sp³-hybridized carbons (Fsp3) is 0.133. The SMILES string of the molecule is C=CCNc1ncnc(NNC(=O)c2ccc(C)cc2)c1N. The number of hydrogen-bond acceptors (Lipinski definition) is 6. The highest BCUT2D eigenvalue weighted by molar-refractivity contribution is 5.95. The van der Waals surface area contributed by atoms with Gasteiger partial charge in [-0.2, -0.15) is 0 Å². The molecule has 7 heteroatoms. The first kappa shape index (κ1) is 15.3. The Bertz CT molecular complexity index is 668. The van der Waals surface area contributed by atoms with Gasteiger partial charge >= 0.3 is 0 Å². The average molecular weight is 298 g/mol. The van der Waals surface area contributed by atoms with Gasteiger partial charge in [-0.3, -0.25) is 15.6 Å². The number of nitrogens with one attached hydrogen (secondary N) is 3. The first-order valence-corrected chi connectivity index (χ1v) is 6.70. The van der Waals surface area contributed by atoms with Gasteiger partial charge in [-0.1, -0.05) is 23.8 Å². The Kier molecular flexibility index (Phi) is 4.92. The smallest absolute Gasteiger partial charge is 0.269 e. The van der Waals surface area contributed by atoms with Gasteiger partial charge in [0.25, 0.3) is 5.91 Å². The number of carbonyl (C=O) groups excluding carboxylic acids is 1. The lowest BCUT2D eigenvalue weighted by atomic mass is 10.1. The van der Waals surface area contributed by atoms with Gasteiger partial charge < -0.3 is 11.1 Å². The first-order chi connectivity index (χ1) is 10.6. The molecule has 114 valence electrons. The molecule has 0 unspecified atom stereocenters. The Morgan fingerprint density at radius 3 is 2.64 bits per heavy atom. The van der Waals surface area contributed by atoms with E-state index in [4.69, 9.17) is 5.73 Å². The van der Waals surface area contributed by atoms with Gasteiger partial charge in [0.15, 0.2) is 11.6 Å². The largest absolute Gasteiger partial charge is 0.393 e. The van der Waals surface area contributed by atoms with Gasteiger partial charge in [0.1, 0.15) is 12.0 Å². The maximum absolute atomic E-state index is 12.0. The fourth-order valence-electron chi connectivity index (χ4n) is 1.70. The minimum absolute atomic E-state index is 0.279. The molecule has 1 amide bonds. The lowest BCUT2D eigenvalue weighted by Crippen LogP contribution is -2.30. The van der Waals surface area contributed by atoms with Crippen LogP contribution in [0.1, 0.15) is 15.9 Å². The van der Waals surface area contributed by atoms with E-state index in [2.05, 4.69) is 32.7 Å². The van der Waals surface area contributed by atoms with Crippen molar-refractivity contribution in [3.8, 4) is 0 Å². The van der Waals surface area contributed by atoms with E-state index in [1.165, 1.54) is 6.33 Å². The van der Waals surface area contributed by atoms with Crippen LogP contribution >= 0.6 is 0 Å². The van der Waals surface area contributed by atoms with Crippen LogP contribution in [0.15, 0.2) is 43.2 Å². The minimum atomic E-state index is -0.279. The summed E-state index contributed by atoms with van der Waals surface area (Å²) in [5, 5.41) is 2.98. The number of amides is 1. The predicted octanol–water partition coefficient (Wildman–Crippen LogP) is 1.72. The van der Waals surface area contributed by atoms with Crippen LogP contribution in [-0.2, 0) is 0 Å². The van der Waals surface area contributed by atoms with Crippen LogP contribution in [0.3, 0.4) is 0 Å². The Morgan fingerprint density at radius 1 is 1.27 bits per heavy atom. The second kappa shape index (κ2) is 7.07. The molecule has 0 aliphatic carbocycles. The van der Waals surface area contributed by atoms with Crippen molar-refractivity contribution in [3.05, 3.63) is 54.4 Å². The van der Waals surface area contributed by atoms with Gasteiger partial charge in [0, 0.05) is 12.1 Å². The number of rotatable bonds is 6. The van der Waals surface area contributed by atoms with Crippen LogP contribution in [-0.4, -0.2) is 22.4 Å². The molecule has 1 heterocycles. The van der Waals surface area contributed by atoms with Crippen LogP contribution in [0.5, 0.6) is 0 Å². The molecule has 0 spiro atoms. The summed E-state index contributed by atoms with van der Waals surface area (Å²) in [6.45, 7) is 6.09. The molecule has 0 aliphatic heterocycles. The van der Waals surface area contributed by atoms with Gasteiger partial charge in [-0.15, -0.1) is 6.58 Å². The summed E-state index contributed by atoms with van der Waals surface area (Å²) in [4.78, 5) is 20.0. The fourth-order valence-corrected chi connectivity index (χ4v) is 1.70. The molecule has 0 bridgehead atoms. The number of nitrogens with two attached hydrogens (primary N) is 1. The molecule has 5 N–H and O–H groups in total. The van der Waals surface area contributed by atoms with E-state index in [-0.39, 0.29) is 5.91 Å². The molecule has 22 heavy (non-hydrogen) atoms. The third-order valence-electron chi connectivity index (χ3n) is 2.91. The van der Waals surface area contributed by atoms with Gasteiger partial charge in [0.05, 0.1) is 0 Å². The van der Waals surface area contributed by atoms with Crippen molar-refractivity contribution < 1.29 is 4.79 Å². The number of nitrogens with zero attached hydrogens (tertiary/aromatic N) is 2. The average Bonchev–Trinajstić information content (AvgIpc) is 2.53. The molecular weight excluding hydrogens is 280 g/mol. The summed E-state index contributed by atoms with van der Waals surface area (Å²) in [7, 11) is 0. The third-order valence-corrected chi connectivity index (χ3v) is 2.91. The van der Waals surface area contributed by atoms with E-state index >= 15 is 0 Å². The van der Waals surface area contributed by atoms with Crippen molar-refractivity contribution in [1.29, 1.82) is 0 Å². The first-order valence-electron chi connectivity index (χ1n) is 6.70. The molecular formula is C15H18N6O. The van der Waals surface area contributed by atoms with Crippen molar-refractivity contribution in [2.24, 2.45) is 0 Å². The Morgan fingerprint density at radius 2 is 1.95 bits per heavy atom. The van der Waals surface area contributed by atoms with Crippen LogP contribution < -0.4 is 21.9 Å². The van der Waals surface area contributed by atoms with Crippen molar-refractivity contribution in [2.75, 3.05) is 23.0 Å². The normalized spacial score (nSPS) is 9.86. The Labute approximate surface area is 128 Å². The van der Waals surface area contributed by atoms with Gasteiger partial charge in [-0.05, 0) is 19.1 Å². The molecule has 2 rings (SSSR count). The van der Waals surface area contributed by atoms with E-state index in [1.54, 1.807) is 18.2 Å². The highest BCUT2D eigenvalue weighted by Gasteiger charge is 2.09. The molecule has 0 saturated heterocycles. The van der Waals surface area contributed by atoms with Crippen LogP contribution in [0.4, 0.5) is 17.3 Å². The lowest BCUT2D eigenvalue weighted by molar-refractivity contribution is 0.0962. The number of hydrogen-bond donors (Lipinski definition) is 4. The van der Waals surface area contributed by atoms with Crippen LogP contribution in [0, 0.1) is 6.92 Å². The summed E-state index contributed by atoms with van der Waals surface area (Å²) in [6, 6.07) is 7.22. The van der Waals surface area contributed by atoms with E-state index in [1.807, 2.05) is 19.1 Å². The number of nitrogen functional groups attached to an aromatic ring is 1. The molecule has 1 aromatic heterocycles. The summed E-state index contributed by atoms with van der Waals surface area (Å²) in [5.74, 6) is 0.516. The predicted molar refractivity (Wildman–Crippen MR) is 87.4 cm³/mol. The summed E-state index contributed by atoms with van der Waals surface area (Å²) >= 11 is 0. The summed E-state index contributed by atoms with van der Waals surface area (Å²) in [5.41, 5.74) is 13.1. The molecule has 1 aromatic carbocycles. The van der Waals surface area contributed by atoms with Crippen molar-refractivity contribution >= 4 is 23.2 Å². The molecule has 0 atom stereocenters. The number of anilines is 3. The summed E-state index contributed by atoms with van der Waals surface area (Å²) in [6.07, 6.45) is 3.04. The molecule has 0 saturated carbocycles. The lowest BCUT2D eigenvalue weighted by Gasteiger charge is -2.12. The Hall–Kier alpha value is -3.09. The van der Waals surface area contributed by atoms with Crippen molar-refractivity contribution in [2.45, 2.75) is 6.92 Å². The number of hydrazine groups is 1. The van der Waals surface area contributed by atoms with E-state index < -0.39 is 0 Å². The molecule has 0 fully saturated rings. The topological polar surface area (TPSA) is 105 Å². The summed E-state index contributed by atoms with van der Waals surface area (Å²) < 4.78 is 0. The second-order valence-corrected chi connectivity index (χ2v) is 4.60. The van der Waals surface area contributed by atoms with Crippen molar-refractivity contribution in [1.82, 2.24) is 15.4 Å². The molecule has 2 aromatic rings. The van der Waals surface area contributed by atoms with Crippen molar-refractivity contribution in [3.63, 3.8) is 0 Å². The monoisotopic (exact) mass is 298 g/mol. The quantitative estimate of drug-likeness (QED) is 0.478. The maximum atomic E-state index is 12.0. The zero-order valence-corrected chi connectivity index (χ0v) is 12.3. The zero-order chi connectivity index (χ0) is 15.9. The van der Waals surface area contributed by atoms with Gasteiger partial charge in [-0.25, -0.2) is 9.97 Å². The molecule has 0 radical (unpaired) electrons. The van der Waals surface area contributed by atoms with E-state index in [0.29, 0.717) is 29.4 Å². The molecule has 0 aliphatic rings. The highest BCUT2D eigenvalue weighted by Crippen LogP contribution is 2.21. The standard InChI is InChI=1S/C15H18N6O/c1-3-8-17-13-12(16)14(19-9-18-13)20-21-15(22)11-6-4-10(2)5-7-11/h3-7,9H,1,8,16H2,2H3,(H,21,22)(H2,17,18,19,20). The highest BCUT2D eigenvalue weighted by atomic mass is 16.2. The maximum Gasteiger partial charge on any atom is 0.269 e. The van der Waals surface area contributed by atoms with Gasteiger partial charge in [0.2, 0.25) is 0 Å². The zero-order valence-electron chi connectivity index (χ0n) is 12.3. The second-order valence-electron chi connectivity index (χ2n) is 4.60. The number of benzene rings is 1. The minimum Gasteiger partial charge on any atom is -0.393 e. The van der Waals surface area contributed by atoms with E-state index in [0.717, 1.165) is 5.56 Å². The third kappa shape index (κ3) is 3.72. The van der Waals surface area contributed by atoms with E-state index in [9.17, 15) is 4.79 Å².